The molecule has 0 bridgehead atoms. The average Bonchev–Trinajstić information content (AvgIpc) is 3.62. The zero-order chi connectivity index (χ0) is 27.9. The lowest BCUT2D eigenvalue weighted by Gasteiger charge is -2.33. The second kappa shape index (κ2) is 10.3. The first kappa shape index (κ1) is 26.5. The molecule has 2 atom stereocenters. The van der Waals surface area contributed by atoms with Crippen LogP contribution in [0.2, 0.25) is 0 Å². The van der Waals surface area contributed by atoms with E-state index < -0.39 is 6.17 Å². The van der Waals surface area contributed by atoms with E-state index in [2.05, 4.69) is 32.5 Å². The van der Waals surface area contributed by atoms with Gasteiger partial charge < -0.3 is 20.1 Å². The standard InChI is InChI=1S/C27H34FN9O2/c1-16(2)23-20-8-7-9-21(31-19-10-11-35(6)15-18(19)28)37(20)33-24(23)25-32-22(39-34-25)13-29-26(38)17-12-30-36(14-17)27(3,4)5/h7-9,12,14,18-19,31H,1,10-11,13,15H2,2-6H3,(H,29,38)/t18-,19+/m0/s1. The van der Waals surface area contributed by atoms with E-state index in [1.54, 1.807) is 15.4 Å². The van der Waals surface area contributed by atoms with Crippen LogP contribution in [0.15, 0.2) is 41.7 Å². The maximum atomic E-state index is 14.7. The van der Waals surface area contributed by atoms with Crippen LogP contribution in [0.4, 0.5) is 10.2 Å². The number of alkyl halides is 1. The van der Waals surface area contributed by atoms with Crippen LogP contribution >= 0.6 is 0 Å². The molecule has 1 saturated heterocycles. The smallest absolute Gasteiger partial charge is 0.254 e. The van der Waals surface area contributed by atoms with Gasteiger partial charge in [0.05, 0.1) is 35.4 Å². The van der Waals surface area contributed by atoms with Gasteiger partial charge in [-0.1, -0.05) is 17.8 Å². The normalized spacial score (nSPS) is 18.4. The van der Waals surface area contributed by atoms with Crippen molar-refractivity contribution in [1.29, 1.82) is 0 Å². The van der Waals surface area contributed by atoms with Crippen LogP contribution < -0.4 is 10.6 Å². The highest BCUT2D eigenvalue weighted by Gasteiger charge is 2.29. The molecule has 206 valence electrons. The summed E-state index contributed by atoms with van der Waals surface area (Å²) >= 11 is 0. The van der Waals surface area contributed by atoms with Crippen molar-refractivity contribution < 1.29 is 13.7 Å². The Hall–Kier alpha value is -4.06. The van der Waals surface area contributed by atoms with Gasteiger partial charge in [0.15, 0.2) is 0 Å². The Balaban J connectivity index is 1.37. The van der Waals surface area contributed by atoms with Gasteiger partial charge >= 0.3 is 0 Å². The summed E-state index contributed by atoms with van der Waals surface area (Å²) in [6.45, 7) is 13.3. The Labute approximate surface area is 226 Å². The van der Waals surface area contributed by atoms with E-state index >= 15 is 0 Å². The van der Waals surface area contributed by atoms with E-state index in [1.165, 1.54) is 6.20 Å². The maximum Gasteiger partial charge on any atom is 0.254 e. The lowest BCUT2D eigenvalue weighted by atomic mass is 10.0. The molecule has 11 nitrogen and oxygen atoms in total. The minimum absolute atomic E-state index is 0.0448. The fraction of sp³-hybridized carbons (Fsp3) is 0.444. The predicted molar refractivity (Wildman–Crippen MR) is 146 cm³/mol. The number of fused-ring (bicyclic) bond motifs is 1. The summed E-state index contributed by atoms with van der Waals surface area (Å²) in [6, 6.07) is 5.38. The van der Waals surface area contributed by atoms with Crippen molar-refractivity contribution in [2.45, 2.75) is 58.4 Å². The van der Waals surface area contributed by atoms with Gasteiger partial charge in [0, 0.05) is 24.8 Å². The second-order valence-corrected chi connectivity index (χ2v) is 11.1. The minimum Gasteiger partial charge on any atom is -0.364 e. The molecule has 0 aromatic carbocycles. The molecule has 0 radical (unpaired) electrons. The Kier molecular flexibility index (Phi) is 6.98. The molecule has 4 aromatic rings. The highest BCUT2D eigenvalue weighted by molar-refractivity contribution is 5.93. The summed E-state index contributed by atoms with van der Waals surface area (Å²) in [7, 11) is 1.92. The summed E-state index contributed by atoms with van der Waals surface area (Å²) in [5.41, 5.74) is 3.03. The predicted octanol–water partition coefficient (Wildman–Crippen LogP) is 3.75. The molecule has 0 unspecified atom stereocenters. The number of nitrogens with one attached hydrogen (secondary N) is 2. The number of allylic oxidation sites excluding steroid dienone is 1. The Morgan fingerprint density at radius 1 is 1.31 bits per heavy atom. The van der Waals surface area contributed by atoms with Crippen molar-refractivity contribution in [3.63, 3.8) is 0 Å². The lowest BCUT2D eigenvalue weighted by molar-refractivity contribution is 0.0946. The van der Waals surface area contributed by atoms with Gasteiger partial charge in [0.2, 0.25) is 11.7 Å². The van der Waals surface area contributed by atoms with E-state index in [9.17, 15) is 9.18 Å². The van der Waals surface area contributed by atoms with Crippen LogP contribution in [0.5, 0.6) is 0 Å². The first-order chi connectivity index (χ1) is 18.5. The van der Waals surface area contributed by atoms with Gasteiger partial charge in [-0.25, -0.2) is 8.91 Å². The fourth-order valence-electron chi connectivity index (χ4n) is 4.65. The average molecular weight is 536 g/mol. The number of nitrogens with zero attached hydrogens (tertiary/aromatic N) is 7. The Morgan fingerprint density at radius 3 is 2.79 bits per heavy atom. The first-order valence-corrected chi connectivity index (χ1v) is 12.9. The summed E-state index contributed by atoms with van der Waals surface area (Å²) < 4.78 is 23.6. The van der Waals surface area contributed by atoms with Crippen LogP contribution in [-0.2, 0) is 12.1 Å². The third kappa shape index (κ3) is 5.42. The number of carbonyl (C=O) groups is 1. The van der Waals surface area contributed by atoms with Crippen molar-refractivity contribution in [2.75, 3.05) is 25.5 Å². The largest absolute Gasteiger partial charge is 0.364 e. The molecular formula is C27H34FN9O2. The Morgan fingerprint density at radius 2 is 2.10 bits per heavy atom. The first-order valence-electron chi connectivity index (χ1n) is 12.9. The molecule has 2 N–H and O–H groups in total. The molecule has 1 amide bonds. The number of rotatable bonds is 7. The zero-order valence-electron chi connectivity index (χ0n) is 22.9. The molecular weight excluding hydrogens is 501 g/mol. The molecule has 0 spiro atoms. The molecule has 12 heteroatoms. The van der Waals surface area contributed by atoms with Gasteiger partial charge in [-0.3, -0.25) is 9.48 Å². The van der Waals surface area contributed by atoms with Crippen LogP contribution in [0.3, 0.4) is 0 Å². The molecule has 5 heterocycles. The number of piperidine rings is 1. The molecule has 39 heavy (non-hydrogen) atoms. The summed E-state index contributed by atoms with van der Waals surface area (Å²) in [6.07, 6.45) is 2.92. The molecule has 1 aliphatic heterocycles. The maximum absolute atomic E-state index is 14.7. The molecule has 1 fully saturated rings. The number of hydrogen-bond donors (Lipinski definition) is 2. The van der Waals surface area contributed by atoms with Crippen molar-refractivity contribution >= 4 is 22.8 Å². The zero-order valence-corrected chi connectivity index (χ0v) is 22.9. The molecule has 4 aromatic heterocycles. The van der Waals surface area contributed by atoms with Gasteiger partial charge in [-0.15, -0.1) is 0 Å². The number of anilines is 1. The quantitative estimate of drug-likeness (QED) is 0.367. The fourth-order valence-corrected chi connectivity index (χ4v) is 4.65. The molecule has 0 aliphatic carbocycles. The van der Waals surface area contributed by atoms with Gasteiger partial charge in [-0.2, -0.15) is 15.2 Å². The van der Waals surface area contributed by atoms with Gasteiger partial charge in [0.25, 0.3) is 5.91 Å². The number of halogens is 1. The van der Waals surface area contributed by atoms with Crippen LogP contribution in [0, 0.1) is 0 Å². The van der Waals surface area contributed by atoms with E-state index in [0.29, 0.717) is 30.0 Å². The minimum atomic E-state index is -0.993. The van der Waals surface area contributed by atoms with E-state index in [1.807, 2.05) is 57.8 Å². The SMILES string of the molecule is C=C(C)c1c(-c2noc(CNC(=O)c3cnn(C(C)(C)C)c3)n2)nn2c(N[C@@H]3CCN(C)C[C@@H]3F)cccc12. The van der Waals surface area contributed by atoms with E-state index in [-0.39, 0.29) is 35.7 Å². The lowest BCUT2D eigenvalue weighted by Crippen LogP contribution is -2.46. The number of aromatic nitrogens is 6. The summed E-state index contributed by atoms with van der Waals surface area (Å²) in [5.74, 6) is 0.882. The number of hydrogen-bond acceptors (Lipinski definition) is 8. The van der Waals surface area contributed by atoms with Crippen molar-refractivity contribution in [3.05, 3.63) is 54.2 Å². The van der Waals surface area contributed by atoms with Crippen LogP contribution in [0.25, 0.3) is 22.6 Å². The highest BCUT2D eigenvalue weighted by Crippen LogP contribution is 2.32. The number of likely N-dealkylation sites (tertiary alicyclic amines) is 1. The Bertz CT molecular complexity index is 1510. The van der Waals surface area contributed by atoms with Crippen LogP contribution in [0.1, 0.15) is 55.9 Å². The second-order valence-electron chi connectivity index (χ2n) is 11.1. The van der Waals surface area contributed by atoms with Crippen molar-refractivity contribution in [1.82, 2.24) is 39.8 Å². The molecule has 1 aliphatic rings. The van der Waals surface area contributed by atoms with Gasteiger partial charge in [-0.05, 0) is 58.9 Å². The van der Waals surface area contributed by atoms with Crippen LogP contribution in [-0.4, -0.2) is 72.7 Å². The third-order valence-electron chi connectivity index (χ3n) is 6.77. The number of amides is 1. The van der Waals surface area contributed by atoms with Crippen molar-refractivity contribution in [2.24, 2.45) is 0 Å². The monoisotopic (exact) mass is 535 g/mol. The third-order valence-corrected chi connectivity index (χ3v) is 6.77. The summed E-state index contributed by atoms with van der Waals surface area (Å²) in [5, 5.41) is 19.3. The van der Waals surface area contributed by atoms with E-state index in [4.69, 9.17) is 9.62 Å². The molecule has 0 saturated carbocycles. The van der Waals surface area contributed by atoms with Crippen molar-refractivity contribution in [3.8, 4) is 11.5 Å². The number of pyridine rings is 1. The van der Waals surface area contributed by atoms with E-state index in [0.717, 1.165) is 23.2 Å². The number of carbonyl (C=O) groups excluding carboxylic acids is 1. The van der Waals surface area contributed by atoms with Gasteiger partial charge in [0.1, 0.15) is 17.7 Å². The highest BCUT2D eigenvalue weighted by atomic mass is 19.1. The summed E-state index contributed by atoms with van der Waals surface area (Å²) in [4.78, 5) is 19.1. The molecule has 5 rings (SSSR count). The topological polar surface area (TPSA) is 118 Å².